The zero-order valence-electron chi connectivity index (χ0n) is 16.3. The molecule has 0 aliphatic heterocycles. The Bertz CT molecular complexity index is 821. The van der Waals surface area contributed by atoms with Crippen molar-refractivity contribution in [1.82, 2.24) is 9.88 Å². The highest BCUT2D eigenvalue weighted by molar-refractivity contribution is 5.93. The van der Waals surface area contributed by atoms with Crippen molar-refractivity contribution < 1.29 is 23.8 Å². The van der Waals surface area contributed by atoms with E-state index in [1.807, 2.05) is 24.3 Å². The Morgan fingerprint density at radius 2 is 1.89 bits per heavy atom. The Hall–Kier alpha value is -3.35. The molecule has 0 N–H and O–H groups in total. The fraction of sp³-hybridized carbons (Fsp3) is 0.286. The number of rotatable bonds is 9. The van der Waals surface area contributed by atoms with E-state index < -0.39 is 5.97 Å². The van der Waals surface area contributed by atoms with E-state index in [1.165, 1.54) is 18.1 Å². The molecule has 0 saturated heterocycles. The molecule has 28 heavy (non-hydrogen) atoms. The van der Waals surface area contributed by atoms with Crippen LogP contribution >= 0.6 is 0 Å². The summed E-state index contributed by atoms with van der Waals surface area (Å²) in [5, 5.41) is 0. The average molecular weight is 384 g/mol. The van der Waals surface area contributed by atoms with Gasteiger partial charge < -0.3 is 19.1 Å². The van der Waals surface area contributed by atoms with Gasteiger partial charge in [-0.3, -0.25) is 14.6 Å². The predicted octanol–water partition coefficient (Wildman–Crippen LogP) is 2.36. The van der Waals surface area contributed by atoms with Crippen LogP contribution in [0.5, 0.6) is 11.5 Å². The first-order valence-corrected chi connectivity index (χ1v) is 8.72. The Morgan fingerprint density at radius 3 is 2.54 bits per heavy atom. The van der Waals surface area contributed by atoms with Crippen LogP contribution < -0.4 is 9.47 Å². The standard InChI is InChI=1S/C21H24N2O5/c1-26-18-8-6-16(13-19(18)27-2)10-12-23(15-21(25)28-3)20(24)9-7-17-5-4-11-22-14-17/h4-9,11,13-14H,10,12,15H2,1-3H3. The lowest BCUT2D eigenvalue weighted by atomic mass is 10.1. The van der Waals surface area contributed by atoms with Gasteiger partial charge in [0.05, 0.1) is 21.3 Å². The van der Waals surface area contributed by atoms with Gasteiger partial charge in [0, 0.05) is 25.0 Å². The van der Waals surface area contributed by atoms with Gasteiger partial charge in [-0.25, -0.2) is 0 Å². The highest BCUT2D eigenvalue weighted by Gasteiger charge is 2.16. The van der Waals surface area contributed by atoms with Crippen LogP contribution in [0.15, 0.2) is 48.8 Å². The number of carbonyl (C=O) groups is 2. The summed E-state index contributed by atoms with van der Waals surface area (Å²) in [4.78, 5) is 29.7. The smallest absolute Gasteiger partial charge is 0.325 e. The Morgan fingerprint density at radius 1 is 1.11 bits per heavy atom. The number of esters is 1. The first kappa shape index (κ1) is 21.0. The van der Waals surface area contributed by atoms with E-state index in [-0.39, 0.29) is 12.5 Å². The number of benzene rings is 1. The maximum atomic E-state index is 12.6. The number of hydrogen-bond acceptors (Lipinski definition) is 6. The molecule has 0 bridgehead atoms. The molecule has 0 aliphatic carbocycles. The van der Waals surface area contributed by atoms with Gasteiger partial charge in [-0.15, -0.1) is 0 Å². The van der Waals surface area contributed by atoms with Crippen LogP contribution in [0.3, 0.4) is 0 Å². The second-order valence-electron chi connectivity index (χ2n) is 5.89. The number of methoxy groups -OCH3 is 3. The number of pyridine rings is 1. The summed E-state index contributed by atoms with van der Waals surface area (Å²) < 4.78 is 15.2. The van der Waals surface area contributed by atoms with Crippen LogP contribution in [-0.2, 0) is 20.7 Å². The number of amides is 1. The molecule has 0 aliphatic rings. The number of nitrogens with zero attached hydrogens (tertiary/aromatic N) is 2. The minimum absolute atomic E-state index is 0.125. The fourth-order valence-electron chi connectivity index (χ4n) is 2.54. The van der Waals surface area contributed by atoms with E-state index in [1.54, 1.807) is 38.8 Å². The lowest BCUT2D eigenvalue weighted by Gasteiger charge is -2.20. The first-order chi connectivity index (χ1) is 13.6. The number of aromatic nitrogens is 1. The molecule has 1 amide bonds. The Labute approximate surface area is 164 Å². The second-order valence-corrected chi connectivity index (χ2v) is 5.89. The molecule has 1 aromatic heterocycles. The zero-order valence-corrected chi connectivity index (χ0v) is 16.3. The molecule has 2 aromatic rings. The van der Waals surface area contributed by atoms with Crippen molar-refractivity contribution in [3.05, 3.63) is 59.9 Å². The van der Waals surface area contributed by atoms with Gasteiger partial charge in [0.15, 0.2) is 11.5 Å². The largest absolute Gasteiger partial charge is 0.493 e. The summed E-state index contributed by atoms with van der Waals surface area (Å²) in [6.45, 7) is 0.223. The van der Waals surface area contributed by atoms with E-state index in [9.17, 15) is 9.59 Å². The topological polar surface area (TPSA) is 78.0 Å². The normalized spacial score (nSPS) is 10.5. The van der Waals surface area contributed by atoms with Crippen molar-refractivity contribution in [1.29, 1.82) is 0 Å². The molecule has 7 nitrogen and oxygen atoms in total. The van der Waals surface area contributed by atoms with Gasteiger partial charge in [-0.05, 0) is 41.8 Å². The lowest BCUT2D eigenvalue weighted by Crippen LogP contribution is -2.36. The minimum Gasteiger partial charge on any atom is -0.493 e. The summed E-state index contributed by atoms with van der Waals surface area (Å²) >= 11 is 0. The van der Waals surface area contributed by atoms with Crippen molar-refractivity contribution in [2.24, 2.45) is 0 Å². The number of hydrogen-bond donors (Lipinski definition) is 0. The van der Waals surface area contributed by atoms with E-state index in [2.05, 4.69) is 4.98 Å². The third kappa shape index (κ3) is 6.12. The Balaban J connectivity index is 2.09. The van der Waals surface area contributed by atoms with Gasteiger partial charge in [0.1, 0.15) is 6.54 Å². The molecular formula is C21H24N2O5. The third-order valence-corrected chi connectivity index (χ3v) is 4.08. The maximum Gasteiger partial charge on any atom is 0.325 e. The van der Waals surface area contributed by atoms with Gasteiger partial charge in [-0.2, -0.15) is 0 Å². The molecule has 7 heteroatoms. The van der Waals surface area contributed by atoms with Gasteiger partial charge >= 0.3 is 5.97 Å². The molecule has 1 aromatic carbocycles. The molecule has 0 atom stereocenters. The maximum absolute atomic E-state index is 12.6. The first-order valence-electron chi connectivity index (χ1n) is 8.72. The van der Waals surface area contributed by atoms with Crippen LogP contribution in [-0.4, -0.2) is 56.2 Å². The Kier molecular flexibility index (Phi) is 8.02. The minimum atomic E-state index is -0.476. The van der Waals surface area contributed by atoms with Crippen molar-refractivity contribution in [3.63, 3.8) is 0 Å². The van der Waals surface area contributed by atoms with Gasteiger partial charge in [0.2, 0.25) is 5.91 Å². The lowest BCUT2D eigenvalue weighted by molar-refractivity contribution is -0.145. The monoisotopic (exact) mass is 384 g/mol. The second kappa shape index (κ2) is 10.7. The highest BCUT2D eigenvalue weighted by Crippen LogP contribution is 2.27. The van der Waals surface area contributed by atoms with Crippen LogP contribution in [0, 0.1) is 0 Å². The van der Waals surface area contributed by atoms with Crippen LogP contribution in [0.2, 0.25) is 0 Å². The van der Waals surface area contributed by atoms with E-state index in [4.69, 9.17) is 14.2 Å². The van der Waals surface area contributed by atoms with Crippen molar-refractivity contribution >= 4 is 18.0 Å². The van der Waals surface area contributed by atoms with Gasteiger partial charge in [0.25, 0.3) is 0 Å². The van der Waals surface area contributed by atoms with Gasteiger partial charge in [-0.1, -0.05) is 12.1 Å². The van der Waals surface area contributed by atoms with E-state index in [0.717, 1.165) is 11.1 Å². The predicted molar refractivity (Wildman–Crippen MR) is 105 cm³/mol. The summed E-state index contributed by atoms with van der Waals surface area (Å²) in [5.74, 6) is 0.487. The summed E-state index contributed by atoms with van der Waals surface area (Å²) in [5.41, 5.74) is 1.75. The molecule has 0 fully saturated rings. The highest BCUT2D eigenvalue weighted by atomic mass is 16.5. The fourth-order valence-corrected chi connectivity index (χ4v) is 2.54. The SMILES string of the molecule is COC(=O)CN(CCc1ccc(OC)c(OC)c1)C(=O)C=Cc1cccnc1. The van der Waals surface area contributed by atoms with Crippen molar-refractivity contribution in [3.8, 4) is 11.5 Å². The molecule has 148 valence electrons. The molecular weight excluding hydrogens is 360 g/mol. The quantitative estimate of drug-likeness (QED) is 0.488. The molecule has 0 spiro atoms. The molecule has 0 saturated carbocycles. The number of carbonyl (C=O) groups excluding carboxylic acids is 2. The summed E-state index contributed by atoms with van der Waals surface area (Å²) in [6, 6.07) is 9.18. The van der Waals surface area contributed by atoms with Crippen molar-refractivity contribution in [2.75, 3.05) is 34.4 Å². The molecule has 0 radical (unpaired) electrons. The summed E-state index contributed by atoms with van der Waals surface area (Å²) in [6.07, 6.45) is 6.94. The van der Waals surface area contributed by atoms with Crippen LogP contribution in [0.4, 0.5) is 0 Å². The molecule has 1 heterocycles. The zero-order chi connectivity index (χ0) is 20.4. The third-order valence-electron chi connectivity index (χ3n) is 4.08. The summed E-state index contributed by atoms with van der Waals surface area (Å²) in [7, 11) is 4.44. The molecule has 2 rings (SSSR count). The number of ether oxygens (including phenoxy) is 3. The van der Waals surface area contributed by atoms with Crippen LogP contribution in [0.1, 0.15) is 11.1 Å². The average Bonchev–Trinajstić information content (AvgIpc) is 2.75. The van der Waals surface area contributed by atoms with E-state index in [0.29, 0.717) is 24.5 Å². The van der Waals surface area contributed by atoms with Crippen LogP contribution in [0.25, 0.3) is 6.08 Å². The van der Waals surface area contributed by atoms with Crippen molar-refractivity contribution in [2.45, 2.75) is 6.42 Å². The van der Waals surface area contributed by atoms with E-state index >= 15 is 0 Å². The molecule has 0 unspecified atom stereocenters.